The van der Waals surface area contributed by atoms with Crippen molar-refractivity contribution in [3.8, 4) is 0 Å². The molecule has 0 saturated carbocycles. The maximum atomic E-state index is 14.6. The smallest absolute Gasteiger partial charge is 0.257 e. The second-order valence-corrected chi connectivity index (χ2v) is 7.37. The average molecular weight is 374 g/mol. The minimum Gasteiger partial charge on any atom is -0.378 e. The summed E-state index contributed by atoms with van der Waals surface area (Å²) in [5, 5.41) is 0. The summed E-state index contributed by atoms with van der Waals surface area (Å²) in [5.41, 5.74) is 1.10. The maximum Gasteiger partial charge on any atom is 0.257 e. The van der Waals surface area contributed by atoms with Gasteiger partial charge in [0, 0.05) is 44.9 Å². The Kier molecular flexibility index (Phi) is 6.21. The zero-order chi connectivity index (χ0) is 19.4. The summed E-state index contributed by atoms with van der Waals surface area (Å²) >= 11 is 0. The first-order valence-corrected chi connectivity index (χ1v) is 9.48. The predicted molar refractivity (Wildman–Crippen MR) is 103 cm³/mol. The second-order valence-electron chi connectivity index (χ2n) is 7.37. The Bertz CT molecular complexity index is 754. The summed E-state index contributed by atoms with van der Waals surface area (Å²) in [4.78, 5) is 25.7. The van der Waals surface area contributed by atoms with Gasteiger partial charge in [0.25, 0.3) is 5.91 Å². The lowest BCUT2D eigenvalue weighted by atomic mass is 9.99. The van der Waals surface area contributed by atoms with E-state index < -0.39 is 0 Å². The molecule has 1 fully saturated rings. The molecule has 1 aliphatic carbocycles. The molecule has 1 saturated heterocycles. The molecule has 0 radical (unpaired) electrons. The number of hydrogen-bond acceptors (Lipinski definition) is 5. The van der Waals surface area contributed by atoms with E-state index in [2.05, 4.69) is 23.8 Å². The molecular weight excluding hydrogens is 347 g/mol. The van der Waals surface area contributed by atoms with Gasteiger partial charge in [0.2, 0.25) is 5.95 Å². The third kappa shape index (κ3) is 4.53. The molecule has 6 nitrogen and oxygen atoms in total. The van der Waals surface area contributed by atoms with Gasteiger partial charge < -0.3 is 14.5 Å². The molecule has 1 aromatic rings. The fourth-order valence-electron chi connectivity index (χ4n) is 3.33. The van der Waals surface area contributed by atoms with Gasteiger partial charge in [0.05, 0.1) is 24.5 Å². The van der Waals surface area contributed by atoms with Gasteiger partial charge in [-0.1, -0.05) is 26.0 Å². The van der Waals surface area contributed by atoms with E-state index in [1.807, 2.05) is 11.0 Å². The molecular formula is C20H27FN4O2. The topological polar surface area (TPSA) is 58.6 Å². The zero-order valence-electron chi connectivity index (χ0n) is 16.2. The molecule has 27 heavy (non-hydrogen) atoms. The maximum absolute atomic E-state index is 14.6. The van der Waals surface area contributed by atoms with Crippen molar-refractivity contribution in [3.63, 3.8) is 0 Å². The highest BCUT2D eigenvalue weighted by molar-refractivity contribution is 5.99. The van der Waals surface area contributed by atoms with Crippen LogP contribution < -0.4 is 4.90 Å². The lowest BCUT2D eigenvalue weighted by molar-refractivity contribution is 0.0778. The van der Waals surface area contributed by atoms with Crippen LogP contribution in [0.3, 0.4) is 0 Å². The first kappa shape index (κ1) is 19.5. The van der Waals surface area contributed by atoms with Gasteiger partial charge in [-0.3, -0.25) is 4.79 Å². The Balaban J connectivity index is 2.01. The predicted octanol–water partition coefficient (Wildman–Crippen LogP) is 3.07. The van der Waals surface area contributed by atoms with Gasteiger partial charge in [-0.2, -0.15) is 0 Å². The Morgan fingerprint density at radius 2 is 2.11 bits per heavy atom. The monoisotopic (exact) mass is 374 g/mol. The highest BCUT2D eigenvalue weighted by Crippen LogP contribution is 2.30. The first-order chi connectivity index (χ1) is 13.0. The lowest BCUT2D eigenvalue weighted by Crippen LogP contribution is -2.38. The van der Waals surface area contributed by atoms with Gasteiger partial charge in [0.15, 0.2) is 0 Å². The second kappa shape index (κ2) is 8.61. The number of anilines is 1. The third-order valence-electron chi connectivity index (χ3n) is 4.65. The minimum atomic E-state index is -0.232. The van der Waals surface area contributed by atoms with Gasteiger partial charge in [0.1, 0.15) is 5.83 Å². The number of ether oxygens (including phenoxy) is 1. The molecule has 1 aliphatic heterocycles. The number of carbonyl (C=O) groups excluding carboxylic acids is 1. The van der Waals surface area contributed by atoms with Crippen LogP contribution in [0.1, 0.15) is 42.7 Å². The quantitative estimate of drug-likeness (QED) is 0.793. The largest absolute Gasteiger partial charge is 0.378 e. The van der Waals surface area contributed by atoms with Gasteiger partial charge in [-0.15, -0.1) is 0 Å². The number of carbonyl (C=O) groups is 1. The van der Waals surface area contributed by atoms with E-state index in [0.717, 1.165) is 0 Å². The molecule has 0 unspecified atom stereocenters. The van der Waals surface area contributed by atoms with Gasteiger partial charge >= 0.3 is 0 Å². The molecule has 0 spiro atoms. The van der Waals surface area contributed by atoms with Crippen LogP contribution >= 0.6 is 0 Å². The van der Waals surface area contributed by atoms with Crippen molar-refractivity contribution < 1.29 is 13.9 Å². The van der Waals surface area contributed by atoms with Crippen LogP contribution in [0.4, 0.5) is 10.3 Å². The molecule has 7 heteroatoms. The van der Waals surface area contributed by atoms with Crippen LogP contribution in [0, 0.1) is 5.92 Å². The first-order valence-electron chi connectivity index (χ1n) is 9.48. The molecule has 0 N–H and O–H groups in total. The normalized spacial score (nSPS) is 17.6. The van der Waals surface area contributed by atoms with Gasteiger partial charge in [-0.25, -0.2) is 14.4 Å². The van der Waals surface area contributed by atoms with E-state index in [1.54, 1.807) is 18.0 Å². The molecule has 146 valence electrons. The Morgan fingerprint density at radius 1 is 1.37 bits per heavy atom. The van der Waals surface area contributed by atoms with Crippen molar-refractivity contribution in [3.05, 3.63) is 35.4 Å². The summed E-state index contributed by atoms with van der Waals surface area (Å²) in [6.07, 6.45) is 6.17. The van der Waals surface area contributed by atoms with E-state index in [4.69, 9.17) is 4.74 Å². The molecule has 0 aromatic carbocycles. The summed E-state index contributed by atoms with van der Waals surface area (Å²) in [6, 6.07) is 0. The van der Waals surface area contributed by atoms with Crippen molar-refractivity contribution in [1.29, 1.82) is 0 Å². The molecule has 1 aromatic heterocycles. The zero-order valence-corrected chi connectivity index (χ0v) is 16.2. The highest BCUT2D eigenvalue weighted by Gasteiger charge is 2.25. The summed E-state index contributed by atoms with van der Waals surface area (Å²) in [5.74, 6) is 0.424. The standard InChI is InChI=1S/C20H27FN4O2/c1-14(2)13-24(3)19(26)16-12-22-20(25-8-10-27-11-9-25)23-18(16)15-6-4-5-7-17(15)21/h4,6,12,14H,5,7-11,13H2,1-3H3. The molecule has 2 aliphatic rings. The Hall–Kier alpha value is -2.28. The number of nitrogens with zero attached hydrogens (tertiary/aromatic N) is 4. The van der Waals surface area contributed by atoms with Crippen LogP contribution in [-0.2, 0) is 4.74 Å². The lowest BCUT2D eigenvalue weighted by Gasteiger charge is -2.28. The third-order valence-corrected chi connectivity index (χ3v) is 4.65. The van der Waals surface area contributed by atoms with Crippen LogP contribution in [0.5, 0.6) is 0 Å². The summed E-state index contributed by atoms with van der Waals surface area (Å²) in [6.45, 7) is 7.28. The molecule has 2 heterocycles. The highest BCUT2D eigenvalue weighted by atomic mass is 19.1. The van der Waals surface area contributed by atoms with E-state index >= 15 is 0 Å². The number of allylic oxidation sites excluding steroid dienone is 4. The number of rotatable bonds is 5. The van der Waals surface area contributed by atoms with Crippen LogP contribution in [0.15, 0.2) is 24.2 Å². The Labute approximate surface area is 159 Å². The Morgan fingerprint density at radius 3 is 2.78 bits per heavy atom. The van der Waals surface area contributed by atoms with E-state index in [9.17, 15) is 9.18 Å². The van der Waals surface area contributed by atoms with E-state index in [0.29, 0.717) is 74.4 Å². The minimum absolute atomic E-state index is 0.188. The van der Waals surface area contributed by atoms with Crippen LogP contribution in [-0.4, -0.2) is 60.7 Å². The van der Waals surface area contributed by atoms with Crippen molar-refractivity contribution >= 4 is 17.4 Å². The fraction of sp³-hybridized carbons (Fsp3) is 0.550. The van der Waals surface area contributed by atoms with Crippen molar-refractivity contribution in [2.75, 3.05) is 44.8 Å². The summed E-state index contributed by atoms with van der Waals surface area (Å²) in [7, 11) is 1.75. The fourth-order valence-corrected chi connectivity index (χ4v) is 3.33. The average Bonchev–Trinajstić information content (AvgIpc) is 2.67. The SMILES string of the molecule is CC(C)CN(C)C(=O)c1cnc(N2CCOCC2)nc1C1=C(F)CCC=C1. The number of amides is 1. The van der Waals surface area contributed by atoms with Crippen LogP contribution in [0.2, 0.25) is 0 Å². The molecule has 3 rings (SSSR count). The van der Waals surface area contributed by atoms with Gasteiger partial charge in [-0.05, 0) is 12.3 Å². The number of aromatic nitrogens is 2. The van der Waals surface area contributed by atoms with E-state index in [-0.39, 0.29) is 11.7 Å². The molecule has 0 atom stereocenters. The van der Waals surface area contributed by atoms with E-state index in [1.165, 1.54) is 6.20 Å². The number of hydrogen-bond donors (Lipinski definition) is 0. The number of morpholine rings is 1. The van der Waals surface area contributed by atoms with Crippen molar-refractivity contribution in [1.82, 2.24) is 14.9 Å². The van der Waals surface area contributed by atoms with Crippen molar-refractivity contribution in [2.45, 2.75) is 26.7 Å². The summed E-state index contributed by atoms with van der Waals surface area (Å²) < 4.78 is 19.9. The number of halogens is 1. The van der Waals surface area contributed by atoms with Crippen molar-refractivity contribution in [2.24, 2.45) is 5.92 Å². The molecule has 0 bridgehead atoms. The molecule has 1 amide bonds. The van der Waals surface area contributed by atoms with Crippen LogP contribution in [0.25, 0.3) is 5.57 Å².